The van der Waals surface area contributed by atoms with E-state index in [4.69, 9.17) is 4.99 Å². The van der Waals surface area contributed by atoms with E-state index in [1.165, 1.54) is 4.90 Å². The van der Waals surface area contributed by atoms with Crippen molar-refractivity contribution in [1.82, 2.24) is 0 Å². The van der Waals surface area contributed by atoms with Gasteiger partial charge in [0.2, 0.25) is 11.8 Å². The Kier molecular flexibility index (Phi) is 4.87. The van der Waals surface area contributed by atoms with Crippen molar-refractivity contribution in [3.8, 4) is 0 Å². The van der Waals surface area contributed by atoms with Gasteiger partial charge < -0.3 is 0 Å². The van der Waals surface area contributed by atoms with Crippen molar-refractivity contribution in [3.63, 3.8) is 0 Å². The van der Waals surface area contributed by atoms with Gasteiger partial charge in [-0.2, -0.15) is 0 Å². The van der Waals surface area contributed by atoms with Crippen LogP contribution in [0.25, 0.3) is 0 Å². The first kappa shape index (κ1) is 22.9. The molecule has 4 aromatic rings. The topological polar surface area (TPSA) is 49.7 Å². The van der Waals surface area contributed by atoms with E-state index in [9.17, 15) is 9.59 Å². The predicted octanol–water partition coefficient (Wildman–Crippen LogP) is 6.57. The minimum atomic E-state index is -0.850. The number of anilines is 1. The van der Waals surface area contributed by atoms with Gasteiger partial charge in [-0.25, -0.2) is 4.90 Å². The van der Waals surface area contributed by atoms with Crippen LogP contribution in [0.4, 0.5) is 11.4 Å². The van der Waals surface area contributed by atoms with Gasteiger partial charge in [-0.3, -0.25) is 14.6 Å². The van der Waals surface area contributed by atoms with E-state index in [-0.39, 0.29) is 17.7 Å². The molecule has 0 unspecified atom stereocenters. The molecule has 2 bridgehead atoms. The Morgan fingerprint density at radius 1 is 0.737 bits per heavy atom. The number of amides is 2. The van der Waals surface area contributed by atoms with E-state index < -0.39 is 17.3 Å². The summed E-state index contributed by atoms with van der Waals surface area (Å²) in [7, 11) is 0. The molecule has 4 nitrogen and oxygen atoms in total. The fraction of sp³-hybridized carbons (Fsp3) is 0.206. The number of benzene rings is 4. The highest BCUT2D eigenvalue weighted by molar-refractivity contribution is 6.25. The fourth-order valence-electron chi connectivity index (χ4n) is 7.15. The molecule has 0 spiro atoms. The summed E-state index contributed by atoms with van der Waals surface area (Å²) in [5.41, 5.74) is 8.23. The molecular weight excluding hydrogens is 468 g/mol. The van der Waals surface area contributed by atoms with Gasteiger partial charge in [0, 0.05) is 12.1 Å². The molecule has 1 fully saturated rings. The Balaban J connectivity index is 1.50. The summed E-state index contributed by atoms with van der Waals surface area (Å²) in [6.45, 7) is 6.04. The van der Waals surface area contributed by atoms with Crippen LogP contribution in [-0.2, 0) is 15.0 Å². The molecule has 1 heterocycles. The van der Waals surface area contributed by atoms with Gasteiger partial charge in [0.15, 0.2) is 0 Å². The SMILES string of the molecule is Cc1ccc(N=CC23c4ccccc4C(c4ccccc42)[C@H]2C(=O)N(c4ccc(C)cc4C)C(=O)[C@H]23)cc1. The number of imide groups is 1. The van der Waals surface area contributed by atoms with Gasteiger partial charge in [-0.05, 0) is 66.8 Å². The fourth-order valence-corrected chi connectivity index (χ4v) is 7.15. The highest BCUT2D eigenvalue weighted by Crippen LogP contribution is 2.63. The standard InChI is InChI=1S/C34H28N2O2/c1-20-12-15-23(16-13-20)35-19-34-26-10-6-4-8-24(26)29(25-9-5-7-11-27(25)34)30-31(34)33(38)36(32(30)37)28-17-14-21(2)18-22(28)3/h4-19,29-31H,1-3H3/t29?,30-,31+,34?/m1/s1. The minimum absolute atomic E-state index is 0.117. The zero-order valence-corrected chi connectivity index (χ0v) is 21.7. The number of aryl methyl sites for hydroxylation is 3. The van der Waals surface area contributed by atoms with Gasteiger partial charge in [0.1, 0.15) is 0 Å². The number of hydrogen-bond acceptors (Lipinski definition) is 3. The lowest BCUT2D eigenvalue weighted by Gasteiger charge is -2.52. The zero-order chi connectivity index (χ0) is 26.2. The number of nitrogens with zero attached hydrogens (tertiary/aromatic N) is 2. The van der Waals surface area contributed by atoms with E-state index in [1.807, 2.05) is 86.8 Å². The first-order valence-corrected chi connectivity index (χ1v) is 13.2. The first-order chi connectivity index (χ1) is 18.4. The van der Waals surface area contributed by atoms with Gasteiger partial charge in [0.25, 0.3) is 0 Å². The van der Waals surface area contributed by atoms with Crippen LogP contribution >= 0.6 is 0 Å². The molecule has 2 amide bonds. The normalized spacial score (nSPS) is 25.0. The Morgan fingerprint density at radius 2 is 1.34 bits per heavy atom. The maximum absolute atomic E-state index is 14.5. The number of rotatable bonds is 3. The second kappa shape index (κ2) is 8.09. The molecule has 4 heteroatoms. The minimum Gasteiger partial charge on any atom is -0.274 e. The van der Waals surface area contributed by atoms with Crippen molar-refractivity contribution in [2.45, 2.75) is 32.1 Å². The number of aliphatic imine (C=N–C) groups is 1. The Hall–Kier alpha value is -4.31. The number of hydrogen-bond donors (Lipinski definition) is 0. The molecule has 2 atom stereocenters. The molecule has 4 aliphatic rings. The Labute approximate surface area is 222 Å². The van der Waals surface area contributed by atoms with Crippen LogP contribution in [0.3, 0.4) is 0 Å². The number of carbonyl (C=O) groups excluding carboxylic acids is 2. The first-order valence-electron chi connectivity index (χ1n) is 13.2. The van der Waals surface area contributed by atoms with Crippen LogP contribution in [0.15, 0.2) is 96.0 Å². The third kappa shape index (κ3) is 2.94. The van der Waals surface area contributed by atoms with Crippen LogP contribution in [0.5, 0.6) is 0 Å². The molecule has 1 aliphatic heterocycles. The highest BCUT2D eigenvalue weighted by Gasteiger charge is 2.68. The Bertz CT molecular complexity index is 1620. The van der Waals surface area contributed by atoms with Crippen molar-refractivity contribution >= 4 is 29.4 Å². The van der Waals surface area contributed by atoms with Crippen LogP contribution in [0, 0.1) is 32.6 Å². The second-order valence-electron chi connectivity index (χ2n) is 10.9. The lowest BCUT2D eigenvalue weighted by molar-refractivity contribution is -0.122. The van der Waals surface area contributed by atoms with E-state index in [0.717, 1.165) is 44.6 Å². The van der Waals surface area contributed by atoms with Gasteiger partial charge in [-0.15, -0.1) is 0 Å². The summed E-state index contributed by atoms with van der Waals surface area (Å²) >= 11 is 0. The molecule has 0 N–H and O–H groups in total. The summed E-state index contributed by atoms with van der Waals surface area (Å²) in [6.07, 6.45) is 1.96. The summed E-state index contributed by atoms with van der Waals surface area (Å²) in [5, 5.41) is 0. The lowest BCUT2D eigenvalue weighted by Crippen LogP contribution is -2.54. The van der Waals surface area contributed by atoms with Crippen LogP contribution in [-0.4, -0.2) is 18.0 Å². The van der Waals surface area contributed by atoms with E-state index in [2.05, 4.69) is 31.2 Å². The summed E-state index contributed by atoms with van der Waals surface area (Å²) in [4.78, 5) is 35.3. The molecule has 38 heavy (non-hydrogen) atoms. The van der Waals surface area contributed by atoms with E-state index >= 15 is 0 Å². The maximum Gasteiger partial charge on any atom is 0.239 e. The van der Waals surface area contributed by atoms with Crippen LogP contribution in [0.2, 0.25) is 0 Å². The Morgan fingerprint density at radius 3 is 1.97 bits per heavy atom. The van der Waals surface area contributed by atoms with Crippen LogP contribution in [0.1, 0.15) is 44.9 Å². The molecule has 0 saturated carbocycles. The van der Waals surface area contributed by atoms with Crippen molar-refractivity contribution < 1.29 is 9.59 Å². The molecule has 8 rings (SSSR count). The quantitative estimate of drug-likeness (QED) is 0.238. The molecule has 0 radical (unpaired) electrons. The van der Waals surface area contributed by atoms with E-state index in [0.29, 0.717) is 5.69 Å². The average molecular weight is 497 g/mol. The van der Waals surface area contributed by atoms with Gasteiger partial charge in [-0.1, -0.05) is 83.9 Å². The lowest BCUT2D eigenvalue weighted by atomic mass is 9.47. The average Bonchev–Trinajstić information content (AvgIpc) is 3.19. The molecule has 0 aromatic heterocycles. The molecular formula is C34H28N2O2. The van der Waals surface area contributed by atoms with Crippen molar-refractivity contribution in [1.29, 1.82) is 0 Å². The molecule has 1 saturated heterocycles. The van der Waals surface area contributed by atoms with Gasteiger partial charge in [0.05, 0.1) is 28.6 Å². The largest absolute Gasteiger partial charge is 0.274 e. The summed E-state index contributed by atoms with van der Waals surface area (Å²) in [6, 6.07) is 30.6. The monoisotopic (exact) mass is 496 g/mol. The third-order valence-corrected chi connectivity index (χ3v) is 8.73. The van der Waals surface area contributed by atoms with Crippen LogP contribution < -0.4 is 4.90 Å². The summed E-state index contributed by atoms with van der Waals surface area (Å²) < 4.78 is 0. The molecule has 3 aliphatic carbocycles. The summed E-state index contributed by atoms with van der Waals surface area (Å²) in [5.74, 6) is -1.49. The van der Waals surface area contributed by atoms with E-state index in [1.54, 1.807) is 0 Å². The number of carbonyl (C=O) groups is 2. The van der Waals surface area contributed by atoms with Gasteiger partial charge >= 0.3 is 0 Å². The smallest absolute Gasteiger partial charge is 0.239 e. The third-order valence-electron chi connectivity index (χ3n) is 8.73. The molecule has 186 valence electrons. The maximum atomic E-state index is 14.5. The molecule has 4 aromatic carbocycles. The van der Waals surface area contributed by atoms with Crippen molar-refractivity contribution in [3.05, 3.63) is 130 Å². The van der Waals surface area contributed by atoms with Crippen molar-refractivity contribution in [2.24, 2.45) is 16.8 Å². The zero-order valence-electron chi connectivity index (χ0n) is 21.7. The highest BCUT2D eigenvalue weighted by atomic mass is 16.2. The second-order valence-corrected chi connectivity index (χ2v) is 10.9. The predicted molar refractivity (Wildman–Crippen MR) is 150 cm³/mol. The van der Waals surface area contributed by atoms with Crippen molar-refractivity contribution in [2.75, 3.05) is 4.90 Å².